The fraction of sp³-hybridized carbons (Fsp3) is 0. The van der Waals surface area contributed by atoms with Crippen molar-refractivity contribution in [3.63, 3.8) is 0 Å². The molecule has 0 saturated carbocycles. The molecule has 0 amide bonds. The lowest BCUT2D eigenvalue weighted by Gasteiger charge is -1.97. The van der Waals surface area contributed by atoms with Gasteiger partial charge in [0.2, 0.25) is 0 Å². The Kier molecular flexibility index (Phi) is 1.22. The molecule has 1 heterocycles. The Morgan fingerprint density at radius 2 is 1.54 bits per heavy atom. The van der Waals surface area contributed by atoms with Crippen molar-refractivity contribution in [1.82, 2.24) is 4.98 Å². The first kappa shape index (κ1) is 6.72. The molecule has 0 fully saturated rings. The molecule has 1 aromatic heterocycles. The summed E-state index contributed by atoms with van der Waals surface area (Å²) in [4.78, 5) is 3.13. The van der Waals surface area contributed by atoms with Gasteiger partial charge in [0.1, 0.15) is 0 Å². The number of benzene rings is 2. The van der Waals surface area contributed by atoms with Crippen LogP contribution in [-0.2, 0) is 0 Å². The third-order valence-corrected chi connectivity index (χ3v) is 2.47. The summed E-state index contributed by atoms with van der Waals surface area (Å²) in [6.45, 7) is 0. The standard InChI is InChI=1S/C12H9N/c1-2-4-11-9(3-1)5-6-10-7-13-8-12(10)11/h1-8,13H. The van der Waals surface area contributed by atoms with Gasteiger partial charge < -0.3 is 4.98 Å². The lowest BCUT2D eigenvalue weighted by atomic mass is 10.1. The van der Waals surface area contributed by atoms with E-state index in [1.54, 1.807) is 0 Å². The Morgan fingerprint density at radius 3 is 2.54 bits per heavy atom. The van der Waals surface area contributed by atoms with Crippen LogP contribution < -0.4 is 0 Å². The van der Waals surface area contributed by atoms with Crippen molar-refractivity contribution >= 4 is 21.5 Å². The maximum absolute atomic E-state index is 3.13. The quantitative estimate of drug-likeness (QED) is 0.528. The summed E-state index contributed by atoms with van der Waals surface area (Å²) >= 11 is 0. The summed E-state index contributed by atoms with van der Waals surface area (Å²) in [5.41, 5.74) is 0. The molecule has 3 aromatic rings. The van der Waals surface area contributed by atoms with E-state index in [4.69, 9.17) is 0 Å². The van der Waals surface area contributed by atoms with Crippen LogP contribution in [0.5, 0.6) is 0 Å². The molecule has 1 N–H and O–H groups in total. The highest BCUT2D eigenvalue weighted by atomic mass is 14.6. The zero-order chi connectivity index (χ0) is 8.67. The Hall–Kier alpha value is -1.76. The number of aromatic amines is 1. The SMILES string of the molecule is c1ccc2c(c1)ccc1c[nH]cc12. The third kappa shape index (κ3) is 0.872. The number of hydrogen-bond acceptors (Lipinski definition) is 0. The second-order valence-corrected chi connectivity index (χ2v) is 3.24. The van der Waals surface area contributed by atoms with Gasteiger partial charge in [-0.25, -0.2) is 0 Å². The normalized spacial score (nSPS) is 11.1. The van der Waals surface area contributed by atoms with Gasteiger partial charge >= 0.3 is 0 Å². The van der Waals surface area contributed by atoms with Crippen LogP contribution in [0.15, 0.2) is 48.8 Å². The number of nitrogens with one attached hydrogen (secondary N) is 1. The zero-order valence-electron chi connectivity index (χ0n) is 7.12. The van der Waals surface area contributed by atoms with Crippen molar-refractivity contribution in [2.24, 2.45) is 0 Å². The molecule has 0 aliphatic carbocycles. The Labute approximate surface area is 76.0 Å². The molecule has 0 atom stereocenters. The molecule has 0 radical (unpaired) electrons. The molecule has 0 saturated heterocycles. The molecule has 0 spiro atoms. The van der Waals surface area contributed by atoms with Crippen LogP contribution >= 0.6 is 0 Å². The predicted octanol–water partition coefficient (Wildman–Crippen LogP) is 3.32. The summed E-state index contributed by atoms with van der Waals surface area (Å²) in [6.07, 6.45) is 4.08. The summed E-state index contributed by atoms with van der Waals surface area (Å²) in [6, 6.07) is 12.8. The fourth-order valence-corrected chi connectivity index (χ4v) is 1.81. The van der Waals surface area contributed by atoms with Gasteiger partial charge in [-0.1, -0.05) is 36.4 Å². The minimum atomic E-state index is 1.28. The van der Waals surface area contributed by atoms with Crippen LogP contribution in [0.25, 0.3) is 21.5 Å². The molecule has 62 valence electrons. The number of rotatable bonds is 0. The minimum absolute atomic E-state index is 1.28. The maximum atomic E-state index is 3.13. The zero-order valence-corrected chi connectivity index (χ0v) is 7.12. The molecule has 0 unspecified atom stereocenters. The summed E-state index contributed by atoms with van der Waals surface area (Å²) < 4.78 is 0. The largest absolute Gasteiger partial charge is 0.366 e. The van der Waals surface area contributed by atoms with Crippen LogP contribution in [0, 0.1) is 0 Å². The van der Waals surface area contributed by atoms with Gasteiger partial charge in [-0.3, -0.25) is 0 Å². The van der Waals surface area contributed by atoms with Crippen LogP contribution in [0.4, 0.5) is 0 Å². The Bertz CT molecular complexity index is 563. The molecular formula is C12H9N. The van der Waals surface area contributed by atoms with Crippen molar-refractivity contribution in [2.45, 2.75) is 0 Å². The average molecular weight is 167 g/mol. The van der Waals surface area contributed by atoms with Crippen molar-refractivity contribution in [2.75, 3.05) is 0 Å². The van der Waals surface area contributed by atoms with Crippen molar-refractivity contribution < 1.29 is 0 Å². The van der Waals surface area contributed by atoms with E-state index in [2.05, 4.69) is 47.6 Å². The topological polar surface area (TPSA) is 15.8 Å². The maximum Gasteiger partial charge on any atom is 0.00906 e. The molecule has 1 heteroatoms. The van der Waals surface area contributed by atoms with E-state index in [1.807, 2.05) is 6.20 Å². The first-order valence-corrected chi connectivity index (χ1v) is 4.39. The van der Waals surface area contributed by atoms with Crippen molar-refractivity contribution in [3.8, 4) is 0 Å². The lowest BCUT2D eigenvalue weighted by Crippen LogP contribution is -1.71. The molecule has 1 nitrogen and oxygen atoms in total. The van der Waals surface area contributed by atoms with Gasteiger partial charge in [0.15, 0.2) is 0 Å². The van der Waals surface area contributed by atoms with E-state index < -0.39 is 0 Å². The molecule has 0 bridgehead atoms. The van der Waals surface area contributed by atoms with Gasteiger partial charge in [0.25, 0.3) is 0 Å². The Morgan fingerprint density at radius 1 is 0.692 bits per heavy atom. The van der Waals surface area contributed by atoms with E-state index in [1.165, 1.54) is 21.5 Å². The molecule has 3 rings (SSSR count). The lowest BCUT2D eigenvalue weighted by molar-refractivity contribution is 1.43. The highest BCUT2D eigenvalue weighted by molar-refractivity contribution is 6.07. The van der Waals surface area contributed by atoms with Crippen molar-refractivity contribution in [1.29, 1.82) is 0 Å². The summed E-state index contributed by atoms with van der Waals surface area (Å²) in [7, 11) is 0. The van der Waals surface area contributed by atoms with Crippen LogP contribution in [-0.4, -0.2) is 4.98 Å². The number of hydrogen-bond donors (Lipinski definition) is 1. The van der Waals surface area contributed by atoms with Crippen LogP contribution in [0.3, 0.4) is 0 Å². The van der Waals surface area contributed by atoms with Gasteiger partial charge in [-0.05, 0) is 16.2 Å². The van der Waals surface area contributed by atoms with Gasteiger partial charge in [0, 0.05) is 17.8 Å². The molecule has 0 aliphatic rings. The smallest absolute Gasteiger partial charge is 0.00906 e. The average Bonchev–Trinajstić information content (AvgIpc) is 2.65. The van der Waals surface area contributed by atoms with E-state index in [0.717, 1.165) is 0 Å². The highest BCUT2D eigenvalue weighted by Gasteiger charge is 1.98. The molecular weight excluding hydrogens is 158 g/mol. The van der Waals surface area contributed by atoms with Gasteiger partial charge in [-0.15, -0.1) is 0 Å². The molecule has 13 heavy (non-hydrogen) atoms. The second kappa shape index (κ2) is 2.36. The molecule has 0 aliphatic heterocycles. The first-order valence-electron chi connectivity index (χ1n) is 4.39. The van der Waals surface area contributed by atoms with Crippen molar-refractivity contribution in [3.05, 3.63) is 48.8 Å². The van der Waals surface area contributed by atoms with E-state index in [9.17, 15) is 0 Å². The first-order chi connectivity index (χ1) is 6.45. The highest BCUT2D eigenvalue weighted by Crippen LogP contribution is 2.24. The predicted molar refractivity (Wildman–Crippen MR) is 55.8 cm³/mol. The number of aromatic nitrogens is 1. The Balaban J connectivity index is 2.65. The number of fused-ring (bicyclic) bond motifs is 3. The minimum Gasteiger partial charge on any atom is -0.366 e. The second-order valence-electron chi connectivity index (χ2n) is 3.24. The van der Waals surface area contributed by atoms with E-state index in [0.29, 0.717) is 0 Å². The fourth-order valence-electron chi connectivity index (χ4n) is 1.81. The number of H-pyrrole nitrogens is 1. The third-order valence-electron chi connectivity index (χ3n) is 2.47. The molecule has 2 aromatic carbocycles. The summed E-state index contributed by atoms with van der Waals surface area (Å²) in [5.74, 6) is 0. The van der Waals surface area contributed by atoms with E-state index in [-0.39, 0.29) is 0 Å². The monoisotopic (exact) mass is 167 g/mol. The van der Waals surface area contributed by atoms with Gasteiger partial charge in [-0.2, -0.15) is 0 Å². The van der Waals surface area contributed by atoms with E-state index >= 15 is 0 Å². The van der Waals surface area contributed by atoms with Gasteiger partial charge in [0.05, 0.1) is 0 Å². The van der Waals surface area contributed by atoms with Crippen LogP contribution in [0.1, 0.15) is 0 Å². The summed E-state index contributed by atoms with van der Waals surface area (Å²) in [5, 5.41) is 5.20. The van der Waals surface area contributed by atoms with Crippen LogP contribution in [0.2, 0.25) is 0 Å².